The maximum absolute atomic E-state index is 6.28. The van der Waals surface area contributed by atoms with Crippen LogP contribution in [0.5, 0.6) is 5.75 Å². The van der Waals surface area contributed by atoms with Crippen LogP contribution in [-0.4, -0.2) is 12.4 Å². The number of benzene rings is 3. The first-order valence-corrected chi connectivity index (χ1v) is 16.0. The lowest BCUT2D eigenvalue weighted by atomic mass is 9.85. The first-order valence-electron chi connectivity index (χ1n) is 15.4. The van der Waals surface area contributed by atoms with Crippen molar-refractivity contribution in [3.63, 3.8) is 0 Å². The number of hydrogen-bond acceptors (Lipinski definition) is 2. The molecule has 0 spiro atoms. The maximum atomic E-state index is 6.28. The maximum Gasteiger partial charge on any atom is 0.119 e. The highest BCUT2D eigenvalue weighted by Gasteiger charge is 2.16. The third-order valence-corrected chi connectivity index (χ3v) is 7.88. The molecular weight excluding hydrogens is 492 g/mol. The minimum atomic E-state index is 0.221. The van der Waals surface area contributed by atoms with Gasteiger partial charge in [-0.25, -0.2) is 0 Å². The first kappa shape index (κ1) is 31.1. The van der Waals surface area contributed by atoms with Crippen molar-refractivity contribution in [3.8, 4) is 5.75 Å². The summed E-state index contributed by atoms with van der Waals surface area (Å²) in [6, 6.07) is 30.3. The van der Waals surface area contributed by atoms with Crippen LogP contribution < -0.4 is 4.74 Å². The Bertz CT molecular complexity index is 973. The third-order valence-electron chi connectivity index (χ3n) is 7.63. The molecule has 0 fully saturated rings. The van der Waals surface area contributed by atoms with Crippen LogP contribution in [0, 0.1) is 5.92 Å². The fourth-order valence-electron chi connectivity index (χ4n) is 5.31. The van der Waals surface area contributed by atoms with Crippen molar-refractivity contribution in [2.45, 2.75) is 89.9 Å². The molecule has 39 heavy (non-hydrogen) atoms. The largest absolute Gasteiger partial charge is 0.493 e. The summed E-state index contributed by atoms with van der Waals surface area (Å²) < 4.78 is 6.28. The van der Waals surface area contributed by atoms with Gasteiger partial charge in [0.15, 0.2) is 0 Å². The molecule has 0 aliphatic rings. The van der Waals surface area contributed by atoms with E-state index in [2.05, 4.69) is 117 Å². The van der Waals surface area contributed by atoms with Gasteiger partial charge in [0.1, 0.15) is 5.75 Å². The zero-order valence-electron chi connectivity index (χ0n) is 24.1. The van der Waals surface area contributed by atoms with E-state index in [-0.39, 0.29) is 5.92 Å². The fourth-order valence-corrected chi connectivity index (χ4v) is 5.67. The van der Waals surface area contributed by atoms with E-state index in [1.54, 1.807) is 0 Å². The van der Waals surface area contributed by atoms with E-state index in [1.165, 1.54) is 87.3 Å². The van der Waals surface area contributed by atoms with Crippen LogP contribution >= 0.6 is 12.6 Å². The standard InChI is InChI=1S/C37H50OS/c1-2-3-4-5-6-7-8-9-10-11-12-15-20-32(29-30-39)31-38-36-27-25-35(26-28-36)37(33-21-16-13-17-22-33)34-23-18-14-19-24-34/h9-10,13-14,16-19,21-28,32,37,39H,2-8,11-12,15,20,29-31H2,1H3/b10-9-. The summed E-state index contributed by atoms with van der Waals surface area (Å²) in [5.74, 6) is 2.66. The zero-order chi connectivity index (χ0) is 27.4. The summed E-state index contributed by atoms with van der Waals surface area (Å²) in [6.45, 7) is 3.05. The van der Waals surface area contributed by atoms with Crippen LogP contribution in [0.4, 0.5) is 0 Å². The molecule has 0 saturated carbocycles. The number of allylic oxidation sites excluding steroid dienone is 2. The summed E-state index contributed by atoms with van der Waals surface area (Å²) >= 11 is 4.52. The van der Waals surface area contributed by atoms with Crippen LogP contribution in [0.2, 0.25) is 0 Å². The summed E-state index contributed by atoms with van der Waals surface area (Å²) in [7, 11) is 0. The van der Waals surface area contributed by atoms with E-state index in [9.17, 15) is 0 Å². The lowest BCUT2D eigenvalue weighted by Crippen LogP contribution is -2.13. The number of ether oxygens (including phenoxy) is 1. The predicted molar refractivity (Wildman–Crippen MR) is 173 cm³/mol. The normalized spacial score (nSPS) is 12.3. The molecule has 3 aromatic rings. The van der Waals surface area contributed by atoms with E-state index < -0.39 is 0 Å². The average molecular weight is 543 g/mol. The Kier molecular flexibility index (Phi) is 15.6. The Morgan fingerprint density at radius 2 is 1.15 bits per heavy atom. The van der Waals surface area contributed by atoms with Gasteiger partial charge in [-0.15, -0.1) is 0 Å². The average Bonchev–Trinajstić information content (AvgIpc) is 2.98. The lowest BCUT2D eigenvalue weighted by molar-refractivity contribution is 0.234. The first-order chi connectivity index (χ1) is 19.3. The summed E-state index contributed by atoms with van der Waals surface area (Å²) in [5.41, 5.74) is 3.91. The fraction of sp³-hybridized carbons (Fsp3) is 0.459. The summed E-state index contributed by atoms with van der Waals surface area (Å²) in [5, 5.41) is 0. The Balaban J connectivity index is 1.42. The molecule has 2 heteroatoms. The second-order valence-corrected chi connectivity index (χ2v) is 11.3. The molecule has 0 N–H and O–H groups in total. The van der Waals surface area contributed by atoms with Gasteiger partial charge in [-0.1, -0.05) is 130 Å². The molecule has 0 saturated heterocycles. The van der Waals surface area contributed by atoms with Crippen LogP contribution in [0.1, 0.15) is 107 Å². The van der Waals surface area contributed by atoms with Crippen molar-refractivity contribution in [3.05, 3.63) is 114 Å². The molecule has 0 aromatic heterocycles. The minimum Gasteiger partial charge on any atom is -0.493 e. The summed E-state index contributed by atoms with van der Waals surface area (Å²) in [6.07, 6.45) is 20.4. The SMILES string of the molecule is CCCCCCCC/C=C\CCCCC(CCS)COc1ccc(C(c2ccccc2)c2ccccc2)cc1. The van der Waals surface area contributed by atoms with Gasteiger partial charge in [-0.3, -0.25) is 0 Å². The molecule has 0 aliphatic heterocycles. The highest BCUT2D eigenvalue weighted by Crippen LogP contribution is 2.32. The molecule has 0 heterocycles. The van der Waals surface area contributed by atoms with Gasteiger partial charge in [-0.2, -0.15) is 12.6 Å². The lowest BCUT2D eigenvalue weighted by Gasteiger charge is -2.20. The van der Waals surface area contributed by atoms with Crippen LogP contribution in [-0.2, 0) is 0 Å². The van der Waals surface area contributed by atoms with Gasteiger partial charge in [0.05, 0.1) is 6.61 Å². The zero-order valence-corrected chi connectivity index (χ0v) is 25.0. The second-order valence-electron chi connectivity index (χ2n) is 10.8. The highest BCUT2D eigenvalue weighted by molar-refractivity contribution is 7.80. The topological polar surface area (TPSA) is 9.23 Å². The summed E-state index contributed by atoms with van der Waals surface area (Å²) in [4.78, 5) is 0. The quantitative estimate of drug-likeness (QED) is 0.0646. The Morgan fingerprint density at radius 1 is 0.615 bits per heavy atom. The number of unbranched alkanes of at least 4 members (excludes halogenated alkanes) is 8. The number of thiol groups is 1. The molecule has 0 aliphatic carbocycles. The molecule has 3 aromatic carbocycles. The van der Waals surface area contributed by atoms with Gasteiger partial charge in [-0.05, 0) is 79.0 Å². The van der Waals surface area contributed by atoms with E-state index in [0.717, 1.165) is 24.5 Å². The van der Waals surface area contributed by atoms with Crippen molar-refractivity contribution in [1.29, 1.82) is 0 Å². The highest BCUT2D eigenvalue weighted by atomic mass is 32.1. The molecule has 1 atom stereocenters. The molecular formula is C37H50OS. The minimum absolute atomic E-state index is 0.221. The van der Waals surface area contributed by atoms with E-state index >= 15 is 0 Å². The van der Waals surface area contributed by atoms with Gasteiger partial charge in [0.25, 0.3) is 0 Å². The van der Waals surface area contributed by atoms with Gasteiger partial charge < -0.3 is 4.74 Å². The van der Waals surface area contributed by atoms with E-state index in [0.29, 0.717) is 5.92 Å². The smallest absolute Gasteiger partial charge is 0.119 e. The molecule has 3 rings (SSSR count). The number of hydrogen-bond donors (Lipinski definition) is 1. The van der Waals surface area contributed by atoms with Crippen molar-refractivity contribution in [2.75, 3.05) is 12.4 Å². The Hall–Kier alpha value is -2.45. The van der Waals surface area contributed by atoms with Crippen molar-refractivity contribution in [2.24, 2.45) is 5.92 Å². The Morgan fingerprint density at radius 3 is 1.74 bits per heavy atom. The van der Waals surface area contributed by atoms with Crippen molar-refractivity contribution >= 4 is 12.6 Å². The van der Waals surface area contributed by atoms with Crippen LogP contribution in [0.3, 0.4) is 0 Å². The van der Waals surface area contributed by atoms with Crippen molar-refractivity contribution in [1.82, 2.24) is 0 Å². The monoisotopic (exact) mass is 542 g/mol. The molecule has 210 valence electrons. The molecule has 0 amide bonds. The van der Waals surface area contributed by atoms with E-state index in [4.69, 9.17) is 4.74 Å². The Labute approximate surface area is 244 Å². The molecule has 1 nitrogen and oxygen atoms in total. The van der Waals surface area contributed by atoms with Crippen LogP contribution in [0.25, 0.3) is 0 Å². The third kappa shape index (κ3) is 12.1. The second kappa shape index (κ2) is 19.6. The number of rotatable bonds is 20. The van der Waals surface area contributed by atoms with Gasteiger partial charge in [0, 0.05) is 5.92 Å². The van der Waals surface area contributed by atoms with Crippen LogP contribution in [0.15, 0.2) is 97.1 Å². The molecule has 1 unspecified atom stereocenters. The van der Waals surface area contributed by atoms with Gasteiger partial charge >= 0.3 is 0 Å². The van der Waals surface area contributed by atoms with E-state index in [1.807, 2.05) is 0 Å². The van der Waals surface area contributed by atoms with Gasteiger partial charge in [0.2, 0.25) is 0 Å². The molecule has 0 radical (unpaired) electrons. The van der Waals surface area contributed by atoms with Crippen molar-refractivity contribution < 1.29 is 4.74 Å². The molecule has 0 bridgehead atoms. The predicted octanol–water partition coefficient (Wildman–Crippen LogP) is 11.0.